The van der Waals surface area contributed by atoms with Gasteiger partial charge in [-0.15, -0.1) is 11.8 Å². The highest BCUT2D eigenvalue weighted by Gasteiger charge is 2.33. The van der Waals surface area contributed by atoms with Crippen molar-refractivity contribution in [2.75, 3.05) is 24.6 Å². The molecule has 2 N–H and O–H groups in total. The number of rotatable bonds is 2. The molecule has 0 unspecified atom stereocenters. The summed E-state index contributed by atoms with van der Waals surface area (Å²) in [6, 6.07) is 16.3. The standard InChI is InChI=1S/C14H15N3O2S.C10H9NS/c18-20(19)8-5-12-14(20)10-3-1-2-4-11(10)17(12)9-13-15-6-7-16-13;1-2-4-8-7(3-1)10-9(11-8)5-6-12-10/h1-4H,5-9H2,(H,15,16);1-4,11H,5-6H2. The van der Waals surface area contributed by atoms with E-state index in [1.165, 1.54) is 33.7 Å². The molecule has 0 aliphatic carbocycles. The zero-order valence-corrected chi connectivity index (χ0v) is 19.2. The van der Waals surface area contributed by atoms with Gasteiger partial charge in [-0.05, 0) is 18.6 Å². The second-order valence-electron chi connectivity index (χ2n) is 8.28. The highest BCUT2D eigenvalue weighted by atomic mass is 32.2. The summed E-state index contributed by atoms with van der Waals surface area (Å²) < 4.78 is 26.6. The Kier molecular flexibility index (Phi) is 4.80. The molecule has 0 atom stereocenters. The third-order valence-corrected chi connectivity index (χ3v) is 9.31. The van der Waals surface area contributed by atoms with Gasteiger partial charge in [-0.2, -0.15) is 0 Å². The lowest BCUT2D eigenvalue weighted by Gasteiger charge is -2.09. The highest BCUT2D eigenvalue weighted by Crippen LogP contribution is 2.37. The molecule has 164 valence electrons. The number of aryl methyl sites for hydroxylation is 1. The summed E-state index contributed by atoms with van der Waals surface area (Å²) in [6.45, 7) is 2.30. The van der Waals surface area contributed by atoms with Crippen LogP contribution in [-0.2, 0) is 29.2 Å². The van der Waals surface area contributed by atoms with Crippen molar-refractivity contribution in [2.45, 2.75) is 29.2 Å². The summed E-state index contributed by atoms with van der Waals surface area (Å²) in [5.74, 6) is 2.41. The van der Waals surface area contributed by atoms with E-state index in [9.17, 15) is 8.42 Å². The number of amidine groups is 1. The van der Waals surface area contributed by atoms with Gasteiger partial charge in [-0.3, -0.25) is 4.99 Å². The smallest absolute Gasteiger partial charge is 0.181 e. The number of fused-ring (bicyclic) bond motifs is 6. The lowest BCUT2D eigenvalue weighted by atomic mass is 10.2. The quantitative estimate of drug-likeness (QED) is 0.473. The molecule has 32 heavy (non-hydrogen) atoms. The molecular formula is C24H24N4O2S2. The number of sulfone groups is 1. The molecule has 0 fully saturated rings. The molecular weight excluding hydrogens is 440 g/mol. The van der Waals surface area contributed by atoms with Crippen LogP contribution in [0.15, 0.2) is 63.3 Å². The Bertz CT molecular complexity index is 1480. The predicted molar refractivity (Wildman–Crippen MR) is 131 cm³/mol. The van der Waals surface area contributed by atoms with Gasteiger partial charge < -0.3 is 14.9 Å². The van der Waals surface area contributed by atoms with Crippen LogP contribution in [0.4, 0.5) is 0 Å². The minimum absolute atomic E-state index is 0.225. The first-order chi connectivity index (χ1) is 15.6. The zero-order valence-electron chi connectivity index (χ0n) is 17.6. The lowest BCUT2D eigenvalue weighted by molar-refractivity contribution is 0.600. The number of hydrogen-bond donors (Lipinski definition) is 2. The van der Waals surface area contributed by atoms with Crippen LogP contribution in [0.1, 0.15) is 11.4 Å². The van der Waals surface area contributed by atoms with Gasteiger partial charge >= 0.3 is 0 Å². The van der Waals surface area contributed by atoms with Crippen LogP contribution in [-0.4, -0.2) is 48.4 Å². The molecule has 8 heteroatoms. The molecule has 3 aliphatic heterocycles. The second kappa shape index (κ2) is 7.71. The topological polar surface area (TPSA) is 79.2 Å². The van der Waals surface area contributed by atoms with Crippen molar-refractivity contribution in [1.29, 1.82) is 0 Å². The number of aliphatic imine (C=N–C) groups is 1. The minimum Gasteiger partial charge on any atom is -0.370 e. The molecule has 0 amide bonds. The Morgan fingerprint density at radius 2 is 1.84 bits per heavy atom. The van der Waals surface area contributed by atoms with Gasteiger partial charge in [0.25, 0.3) is 0 Å². The summed E-state index contributed by atoms with van der Waals surface area (Å²) in [5, 5.41) is 5.50. The Morgan fingerprint density at radius 1 is 1.03 bits per heavy atom. The van der Waals surface area contributed by atoms with Crippen LogP contribution in [0.25, 0.3) is 21.8 Å². The maximum atomic E-state index is 12.3. The van der Waals surface area contributed by atoms with Gasteiger partial charge in [0.05, 0.1) is 23.7 Å². The average molecular weight is 465 g/mol. The van der Waals surface area contributed by atoms with E-state index >= 15 is 0 Å². The molecule has 7 rings (SSSR count). The molecule has 2 aromatic heterocycles. The Morgan fingerprint density at radius 3 is 2.69 bits per heavy atom. The molecule has 0 bridgehead atoms. The van der Waals surface area contributed by atoms with Gasteiger partial charge in [0.15, 0.2) is 9.84 Å². The monoisotopic (exact) mass is 464 g/mol. The van der Waals surface area contributed by atoms with Crippen LogP contribution in [0, 0.1) is 0 Å². The summed E-state index contributed by atoms with van der Waals surface area (Å²) in [7, 11) is -3.13. The Hall–Kier alpha value is -2.71. The summed E-state index contributed by atoms with van der Waals surface area (Å²) >= 11 is 1.97. The first kappa shape index (κ1) is 19.9. The molecule has 0 radical (unpaired) electrons. The van der Waals surface area contributed by atoms with Crippen LogP contribution in [0.5, 0.6) is 0 Å². The number of H-pyrrole nitrogens is 1. The molecule has 0 saturated carbocycles. The van der Waals surface area contributed by atoms with Crippen LogP contribution in [0.2, 0.25) is 0 Å². The molecule has 4 aromatic rings. The van der Waals surface area contributed by atoms with Gasteiger partial charge in [-0.1, -0.05) is 36.4 Å². The lowest BCUT2D eigenvalue weighted by Crippen LogP contribution is -2.24. The van der Waals surface area contributed by atoms with Crippen molar-refractivity contribution in [3.8, 4) is 0 Å². The number of para-hydroxylation sites is 2. The molecule has 6 nitrogen and oxygen atoms in total. The van der Waals surface area contributed by atoms with E-state index < -0.39 is 9.84 Å². The first-order valence-corrected chi connectivity index (χ1v) is 13.6. The molecule has 5 heterocycles. The SMILES string of the molecule is O=S1(=O)CCc2c1c1ccccc1n2CC1=NCCN1.c1ccc2c3c([nH]c2c1)CCS3. The van der Waals surface area contributed by atoms with E-state index in [2.05, 4.69) is 44.1 Å². The van der Waals surface area contributed by atoms with E-state index in [0.29, 0.717) is 17.9 Å². The van der Waals surface area contributed by atoms with Crippen LogP contribution in [0.3, 0.4) is 0 Å². The van der Waals surface area contributed by atoms with Crippen LogP contribution < -0.4 is 5.32 Å². The normalized spacial score (nSPS) is 18.2. The third kappa shape index (κ3) is 3.24. The molecule has 0 spiro atoms. The third-order valence-electron chi connectivity index (χ3n) is 6.33. The summed E-state index contributed by atoms with van der Waals surface area (Å²) in [6.07, 6.45) is 1.80. The number of aromatic nitrogens is 2. The van der Waals surface area contributed by atoms with Crippen molar-refractivity contribution in [3.05, 3.63) is 59.9 Å². The van der Waals surface area contributed by atoms with E-state index in [4.69, 9.17) is 0 Å². The number of aromatic amines is 1. The number of thioether (sulfide) groups is 1. The van der Waals surface area contributed by atoms with E-state index in [-0.39, 0.29) is 5.75 Å². The highest BCUT2D eigenvalue weighted by molar-refractivity contribution is 7.99. The van der Waals surface area contributed by atoms with Gasteiger partial charge in [0.2, 0.25) is 0 Å². The van der Waals surface area contributed by atoms with Gasteiger partial charge in [0.1, 0.15) is 5.84 Å². The van der Waals surface area contributed by atoms with E-state index in [0.717, 1.165) is 35.5 Å². The van der Waals surface area contributed by atoms with Crippen LogP contribution >= 0.6 is 11.8 Å². The minimum atomic E-state index is -3.13. The molecule has 0 saturated heterocycles. The van der Waals surface area contributed by atoms with E-state index in [1.807, 2.05) is 36.0 Å². The van der Waals surface area contributed by atoms with Crippen molar-refractivity contribution in [3.63, 3.8) is 0 Å². The maximum absolute atomic E-state index is 12.3. The van der Waals surface area contributed by atoms with Crippen molar-refractivity contribution in [1.82, 2.24) is 14.9 Å². The van der Waals surface area contributed by atoms with E-state index in [1.54, 1.807) is 0 Å². The van der Waals surface area contributed by atoms with Crippen molar-refractivity contribution < 1.29 is 8.42 Å². The van der Waals surface area contributed by atoms with Gasteiger partial charge in [-0.25, -0.2) is 8.42 Å². The Labute approximate surface area is 191 Å². The zero-order chi connectivity index (χ0) is 21.7. The fourth-order valence-electron chi connectivity index (χ4n) is 4.90. The fraction of sp³-hybridized carbons (Fsp3) is 0.292. The van der Waals surface area contributed by atoms with Gasteiger partial charge in [0, 0.05) is 56.8 Å². The molecule has 2 aromatic carbocycles. The van der Waals surface area contributed by atoms with Crippen molar-refractivity contribution >= 4 is 49.2 Å². The number of benzene rings is 2. The average Bonchev–Trinajstić information content (AvgIpc) is 3.59. The predicted octanol–water partition coefficient (Wildman–Crippen LogP) is 3.79. The number of hydrogen-bond acceptors (Lipinski definition) is 5. The second-order valence-corrected chi connectivity index (χ2v) is 11.4. The van der Waals surface area contributed by atoms with Crippen molar-refractivity contribution in [2.24, 2.45) is 4.99 Å². The first-order valence-electron chi connectivity index (χ1n) is 10.9. The molecule has 3 aliphatic rings. The largest absolute Gasteiger partial charge is 0.370 e. The number of nitrogens with one attached hydrogen (secondary N) is 2. The number of nitrogens with zero attached hydrogens (tertiary/aromatic N) is 2. The summed E-state index contributed by atoms with van der Waals surface area (Å²) in [5.41, 5.74) is 4.63. The fourth-order valence-corrected chi connectivity index (χ4v) is 7.82. The Balaban J connectivity index is 0.000000138. The maximum Gasteiger partial charge on any atom is 0.181 e. The summed E-state index contributed by atoms with van der Waals surface area (Å²) in [4.78, 5) is 9.88.